The van der Waals surface area contributed by atoms with Gasteiger partial charge < -0.3 is 9.73 Å². The molecule has 1 atom stereocenters. The largest absolute Gasteiger partial charge is 0.419 e. The molecule has 2 aromatic rings. The van der Waals surface area contributed by atoms with Gasteiger partial charge in [-0.15, -0.1) is 10.2 Å². The predicted octanol–water partition coefficient (Wildman–Crippen LogP) is 4.21. The minimum atomic E-state index is 0.0947. The number of rotatable bonds is 5. The number of nitrogens with zero attached hydrogens (tertiary/aromatic N) is 2. The molecule has 0 fully saturated rings. The minimum Gasteiger partial charge on any atom is -0.419 e. The Morgan fingerprint density at radius 2 is 2.16 bits per heavy atom. The van der Waals surface area contributed by atoms with E-state index in [0.717, 1.165) is 23.0 Å². The van der Waals surface area contributed by atoms with Gasteiger partial charge in [0.05, 0.1) is 11.6 Å². The summed E-state index contributed by atoms with van der Waals surface area (Å²) < 4.78 is 6.58. The summed E-state index contributed by atoms with van der Waals surface area (Å²) in [6, 6.07) is 5.56. The normalized spacial score (nSPS) is 12.6. The quantitative estimate of drug-likeness (QED) is 0.882. The fourth-order valence-corrected chi connectivity index (χ4v) is 2.65. The van der Waals surface area contributed by atoms with Crippen LogP contribution in [0.1, 0.15) is 32.2 Å². The molecule has 1 N–H and O–H groups in total. The summed E-state index contributed by atoms with van der Waals surface area (Å²) in [6.45, 7) is 4.99. The van der Waals surface area contributed by atoms with Crippen LogP contribution in [0.4, 0.5) is 0 Å². The zero-order valence-electron chi connectivity index (χ0n) is 10.8. The standard InChI is InChI=1S/C13H15BrClN3O/c1-3-11(16-4-2)13-18-17-12(19-13)9-6-5-8(15)7-10(9)14/h5-7,11,16H,3-4H2,1-2H3. The van der Waals surface area contributed by atoms with Crippen LogP contribution in [0.3, 0.4) is 0 Å². The molecule has 19 heavy (non-hydrogen) atoms. The molecule has 4 nitrogen and oxygen atoms in total. The van der Waals surface area contributed by atoms with Crippen LogP contribution in [-0.2, 0) is 0 Å². The van der Waals surface area contributed by atoms with Crippen molar-refractivity contribution >= 4 is 27.5 Å². The van der Waals surface area contributed by atoms with Crippen molar-refractivity contribution in [3.8, 4) is 11.5 Å². The van der Waals surface area contributed by atoms with Crippen molar-refractivity contribution in [3.63, 3.8) is 0 Å². The van der Waals surface area contributed by atoms with E-state index in [-0.39, 0.29) is 6.04 Å². The molecule has 1 aromatic heterocycles. The third kappa shape index (κ3) is 3.35. The van der Waals surface area contributed by atoms with E-state index in [2.05, 4.69) is 45.3 Å². The van der Waals surface area contributed by atoms with Crippen molar-refractivity contribution in [3.05, 3.63) is 33.6 Å². The van der Waals surface area contributed by atoms with E-state index in [9.17, 15) is 0 Å². The first-order valence-corrected chi connectivity index (χ1v) is 7.35. The lowest BCUT2D eigenvalue weighted by Crippen LogP contribution is -2.20. The second-order valence-electron chi connectivity index (χ2n) is 4.09. The maximum absolute atomic E-state index is 5.92. The first kappa shape index (κ1) is 14.5. The van der Waals surface area contributed by atoms with E-state index in [1.54, 1.807) is 6.07 Å². The summed E-state index contributed by atoms with van der Waals surface area (Å²) in [5, 5.41) is 12.2. The van der Waals surface area contributed by atoms with Gasteiger partial charge in [-0.1, -0.05) is 25.4 Å². The topological polar surface area (TPSA) is 51.0 Å². The maximum Gasteiger partial charge on any atom is 0.248 e. The van der Waals surface area contributed by atoms with Crippen molar-refractivity contribution in [2.45, 2.75) is 26.3 Å². The Hall–Kier alpha value is -0.910. The number of benzene rings is 1. The van der Waals surface area contributed by atoms with Crippen LogP contribution in [0.5, 0.6) is 0 Å². The Bertz CT molecular complexity index is 559. The molecule has 0 radical (unpaired) electrons. The first-order valence-electron chi connectivity index (χ1n) is 6.17. The number of hydrogen-bond donors (Lipinski definition) is 1. The average molecular weight is 345 g/mol. The SMILES string of the molecule is CCNC(CC)c1nnc(-c2ccc(Cl)cc2Br)o1. The van der Waals surface area contributed by atoms with Crippen molar-refractivity contribution in [1.29, 1.82) is 0 Å². The van der Waals surface area contributed by atoms with Gasteiger partial charge in [0.2, 0.25) is 11.8 Å². The monoisotopic (exact) mass is 343 g/mol. The molecule has 0 aliphatic rings. The van der Waals surface area contributed by atoms with Crippen LogP contribution in [0.2, 0.25) is 5.02 Å². The van der Waals surface area contributed by atoms with Crippen molar-refractivity contribution in [1.82, 2.24) is 15.5 Å². The van der Waals surface area contributed by atoms with Crippen molar-refractivity contribution < 1.29 is 4.42 Å². The van der Waals surface area contributed by atoms with E-state index in [0.29, 0.717) is 16.8 Å². The molecule has 0 bridgehead atoms. The van der Waals surface area contributed by atoms with Gasteiger partial charge in [0.1, 0.15) is 0 Å². The maximum atomic E-state index is 5.92. The van der Waals surface area contributed by atoms with Crippen molar-refractivity contribution in [2.75, 3.05) is 6.54 Å². The predicted molar refractivity (Wildman–Crippen MR) is 79.2 cm³/mol. The molecular weight excluding hydrogens is 330 g/mol. The second kappa shape index (κ2) is 6.50. The Kier molecular flexibility index (Phi) is 4.96. The van der Waals surface area contributed by atoms with Gasteiger partial charge in [-0.3, -0.25) is 0 Å². The van der Waals surface area contributed by atoms with E-state index in [1.807, 2.05) is 12.1 Å². The molecule has 102 valence electrons. The summed E-state index contributed by atoms with van der Waals surface area (Å²) in [7, 11) is 0. The number of hydrogen-bond acceptors (Lipinski definition) is 4. The summed E-state index contributed by atoms with van der Waals surface area (Å²) in [6.07, 6.45) is 0.900. The Labute approximate surface area is 125 Å². The van der Waals surface area contributed by atoms with Gasteiger partial charge in [0.25, 0.3) is 0 Å². The van der Waals surface area contributed by atoms with Crippen LogP contribution >= 0.6 is 27.5 Å². The Balaban J connectivity index is 2.29. The number of aromatic nitrogens is 2. The summed E-state index contributed by atoms with van der Waals surface area (Å²) in [4.78, 5) is 0. The molecule has 0 spiro atoms. The van der Waals surface area contributed by atoms with Crippen LogP contribution in [0, 0.1) is 0 Å². The molecule has 0 saturated carbocycles. The average Bonchev–Trinajstić information content (AvgIpc) is 2.85. The molecule has 0 aliphatic carbocycles. The Morgan fingerprint density at radius 3 is 2.79 bits per heavy atom. The van der Waals surface area contributed by atoms with Crippen LogP contribution in [0.15, 0.2) is 27.1 Å². The molecule has 1 unspecified atom stereocenters. The van der Waals surface area contributed by atoms with Gasteiger partial charge in [0, 0.05) is 9.50 Å². The molecule has 1 heterocycles. The molecule has 0 aliphatic heterocycles. The van der Waals surface area contributed by atoms with Gasteiger partial charge in [0.15, 0.2) is 0 Å². The minimum absolute atomic E-state index is 0.0947. The van der Waals surface area contributed by atoms with Gasteiger partial charge >= 0.3 is 0 Å². The number of nitrogens with one attached hydrogen (secondary N) is 1. The molecule has 1 aromatic carbocycles. The highest BCUT2D eigenvalue weighted by Gasteiger charge is 2.17. The fourth-order valence-electron chi connectivity index (χ4n) is 1.80. The highest BCUT2D eigenvalue weighted by molar-refractivity contribution is 9.10. The highest BCUT2D eigenvalue weighted by Crippen LogP contribution is 2.30. The lowest BCUT2D eigenvalue weighted by molar-refractivity contribution is 0.402. The summed E-state index contributed by atoms with van der Waals surface area (Å²) in [5.74, 6) is 1.11. The smallest absolute Gasteiger partial charge is 0.248 e. The zero-order chi connectivity index (χ0) is 13.8. The van der Waals surface area contributed by atoms with Crippen LogP contribution in [-0.4, -0.2) is 16.7 Å². The van der Waals surface area contributed by atoms with Gasteiger partial charge in [-0.2, -0.15) is 0 Å². The summed E-state index contributed by atoms with van der Waals surface area (Å²) in [5.41, 5.74) is 0.842. The molecule has 2 rings (SSSR count). The lowest BCUT2D eigenvalue weighted by Gasteiger charge is -2.10. The van der Waals surface area contributed by atoms with E-state index < -0.39 is 0 Å². The molecule has 6 heteroatoms. The second-order valence-corrected chi connectivity index (χ2v) is 5.38. The first-order chi connectivity index (χ1) is 9.15. The lowest BCUT2D eigenvalue weighted by atomic mass is 10.2. The highest BCUT2D eigenvalue weighted by atomic mass is 79.9. The van der Waals surface area contributed by atoms with Crippen LogP contribution < -0.4 is 5.32 Å². The van der Waals surface area contributed by atoms with E-state index in [1.165, 1.54) is 0 Å². The Morgan fingerprint density at radius 1 is 1.37 bits per heavy atom. The zero-order valence-corrected chi connectivity index (χ0v) is 13.1. The molecule has 0 saturated heterocycles. The van der Waals surface area contributed by atoms with E-state index >= 15 is 0 Å². The van der Waals surface area contributed by atoms with Gasteiger partial charge in [-0.05, 0) is 47.1 Å². The van der Waals surface area contributed by atoms with Crippen molar-refractivity contribution in [2.24, 2.45) is 0 Å². The third-order valence-corrected chi connectivity index (χ3v) is 3.65. The van der Waals surface area contributed by atoms with Crippen LogP contribution in [0.25, 0.3) is 11.5 Å². The summed E-state index contributed by atoms with van der Waals surface area (Å²) >= 11 is 9.37. The molecular formula is C13H15BrClN3O. The third-order valence-electron chi connectivity index (χ3n) is 2.76. The fraction of sp³-hybridized carbons (Fsp3) is 0.385. The molecule has 0 amide bonds. The number of halogens is 2. The van der Waals surface area contributed by atoms with Gasteiger partial charge in [-0.25, -0.2) is 0 Å². The van der Waals surface area contributed by atoms with E-state index in [4.69, 9.17) is 16.0 Å².